The van der Waals surface area contributed by atoms with Crippen molar-refractivity contribution in [3.05, 3.63) is 35.4 Å². The van der Waals surface area contributed by atoms with Gasteiger partial charge in [0.2, 0.25) is 11.8 Å². The quantitative estimate of drug-likeness (QED) is 0.798. The zero-order chi connectivity index (χ0) is 13.8. The van der Waals surface area contributed by atoms with E-state index in [-0.39, 0.29) is 11.8 Å². The van der Waals surface area contributed by atoms with Gasteiger partial charge in [0.05, 0.1) is 5.41 Å². The first-order chi connectivity index (χ1) is 8.36. The smallest absolute Gasteiger partial charge is 0.248 e. The highest BCUT2D eigenvalue weighted by molar-refractivity contribution is 6.19. The topological polar surface area (TPSA) is 72.2 Å². The molecule has 0 spiro atoms. The van der Waals surface area contributed by atoms with E-state index in [9.17, 15) is 9.59 Å². The van der Waals surface area contributed by atoms with Crippen molar-refractivity contribution in [3.63, 3.8) is 0 Å². The second-order valence-corrected chi connectivity index (χ2v) is 5.03. The summed E-state index contributed by atoms with van der Waals surface area (Å²) in [5.74, 6) is -0.301. The molecule has 1 aromatic rings. The molecule has 0 aliphatic heterocycles. The molecule has 1 aromatic carbocycles. The van der Waals surface area contributed by atoms with Gasteiger partial charge in [-0.1, -0.05) is 12.1 Å². The van der Waals surface area contributed by atoms with Gasteiger partial charge in [0.15, 0.2) is 0 Å². The molecule has 0 atom stereocenters. The lowest BCUT2D eigenvalue weighted by Crippen LogP contribution is -2.37. The lowest BCUT2D eigenvalue weighted by molar-refractivity contribution is -0.128. The molecule has 0 unspecified atom stereocenters. The molecule has 2 amide bonds. The van der Waals surface area contributed by atoms with Crippen molar-refractivity contribution in [2.45, 2.75) is 20.4 Å². The van der Waals surface area contributed by atoms with Crippen LogP contribution in [-0.4, -0.2) is 17.7 Å². The number of amides is 2. The third-order valence-corrected chi connectivity index (χ3v) is 3.31. The molecule has 0 heterocycles. The summed E-state index contributed by atoms with van der Waals surface area (Å²) < 4.78 is 0. The predicted octanol–water partition coefficient (Wildman–Crippen LogP) is 1.67. The summed E-state index contributed by atoms with van der Waals surface area (Å²) in [4.78, 5) is 22.7. The van der Waals surface area contributed by atoms with Gasteiger partial charge in [-0.15, -0.1) is 11.6 Å². The summed E-state index contributed by atoms with van der Waals surface area (Å²) in [6.45, 7) is 3.97. The minimum atomic E-state index is -0.589. The first kappa shape index (κ1) is 14.5. The Morgan fingerprint density at radius 2 is 1.83 bits per heavy atom. The maximum atomic E-state index is 11.8. The molecule has 0 radical (unpaired) electrons. The standard InChI is InChI=1S/C13H17ClN2O2/c1-13(2,8-14)12(18)16-7-9-3-5-10(6-4-9)11(15)17/h3-6H,7-8H2,1-2H3,(H2,15,17)(H,16,18). The average Bonchev–Trinajstić information content (AvgIpc) is 2.36. The summed E-state index contributed by atoms with van der Waals surface area (Å²) in [7, 11) is 0. The van der Waals surface area contributed by atoms with Crippen LogP contribution < -0.4 is 11.1 Å². The van der Waals surface area contributed by atoms with E-state index in [4.69, 9.17) is 17.3 Å². The molecule has 18 heavy (non-hydrogen) atoms. The highest BCUT2D eigenvalue weighted by Crippen LogP contribution is 2.17. The first-order valence-electron chi connectivity index (χ1n) is 5.60. The molecule has 0 aliphatic carbocycles. The summed E-state index contributed by atoms with van der Waals surface area (Å²) in [5, 5.41) is 2.80. The summed E-state index contributed by atoms with van der Waals surface area (Å²) in [5.41, 5.74) is 5.90. The summed E-state index contributed by atoms with van der Waals surface area (Å²) >= 11 is 5.71. The molecule has 5 heteroatoms. The van der Waals surface area contributed by atoms with Crippen LogP contribution in [0.1, 0.15) is 29.8 Å². The third kappa shape index (κ3) is 3.74. The number of primary amides is 1. The van der Waals surface area contributed by atoms with E-state index in [1.807, 2.05) is 0 Å². The van der Waals surface area contributed by atoms with E-state index in [1.165, 1.54) is 0 Å². The molecule has 0 saturated carbocycles. The number of carbonyl (C=O) groups excluding carboxylic acids is 2. The number of alkyl halides is 1. The van der Waals surface area contributed by atoms with Crippen LogP contribution in [0.2, 0.25) is 0 Å². The number of hydrogen-bond donors (Lipinski definition) is 2. The molecule has 4 nitrogen and oxygen atoms in total. The highest BCUT2D eigenvalue weighted by atomic mass is 35.5. The Morgan fingerprint density at radius 1 is 1.28 bits per heavy atom. The Kier molecular flexibility index (Phi) is 4.73. The molecule has 3 N–H and O–H groups in total. The summed E-state index contributed by atoms with van der Waals surface area (Å²) in [6.07, 6.45) is 0. The molecular formula is C13H17ClN2O2. The number of carbonyl (C=O) groups is 2. The molecule has 0 fully saturated rings. The summed E-state index contributed by atoms with van der Waals surface area (Å²) in [6, 6.07) is 6.79. The van der Waals surface area contributed by atoms with E-state index < -0.39 is 11.3 Å². The fourth-order valence-electron chi connectivity index (χ4n) is 1.27. The lowest BCUT2D eigenvalue weighted by Gasteiger charge is -2.20. The zero-order valence-corrected chi connectivity index (χ0v) is 11.3. The van der Waals surface area contributed by atoms with Gasteiger partial charge < -0.3 is 11.1 Å². The maximum Gasteiger partial charge on any atom is 0.248 e. The van der Waals surface area contributed by atoms with Gasteiger partial charge in [0.25, 0.3) is 0 Å². The van der Waals surface area contributed by atoms with E-state index in [0.29, 0.717) is 12.1 Å². The first-order valence-corrected chi connectivity index (χ1v) is 6.13. The van der Waals surface area contributed by atoms with Gasteiger partial charge in [-0.3, -0.25) is 9.59 Å². The number of hydrogen-bond acceptors (Lipinski definition) is 2. The maximum absolute atomic E-state index is 11.8. The highest BCUT2D eigenvalue weighted by Gasteiger charge is 2.25. The Balaban J connectivity index is 2.59. The molecule has 0 bridgehead atoms. The lowest BCUT2D eigenvalue weighted by atomic mass is 9.95. The Labute approximate surface area is 112 Å². The predicted molar refractivity (Wildman–Crippen MR) is 71.3 cm³/mol. The van der Waals surface area contributed by atoms with Gasteiger partial charge in [-0.25, -0.2) is 0 Å². The molecule has 0 aliphatic rings. The van der Waals surface area contributed by atoms with Crippen LogP contribution in [-0.2, 0) is 11.3 Å². The van der Waals surface area contributed by atoms with Crippen LogP contribution in [0.3, 0.4) is 0 Å². The number of halogens is 1. The van der Waals surface area contributed by atoms with E-state index in [0.717, 1.165) is 5.56 Å². The van der Waals surface area contributed by atoms with Crippen LogP contribution in [0.5, 0.6) is 0 Å². The SMILES string of the molecule is CC(C)(CCl)C(=O)NCc1ccc(C(N)=O)cc1. The van der Waals surface area contributed by atoms with Crippen molar-refractivity contribution >= 4 is 23.4 Å². The van der Waals surface area contributed by atoms with Crippen molar-refractivity contribution < 1.29 is 9.59 Å². The van der Waals surface area contributed by atoms with Crippen LogP contribution in [0.25, 0.3) is 0 Å². The minimum Gasteiger partial charge on any atom is -0.366 e. The normalized spacial score (nSPS) is 11.1. The monoisotopic (exact) mass is 268 g/mol. The van der Waals surface area contributed by atoms with Gasteiger partial charge in [-0.2, -0.15) is 0 Å². The van der Waals surface area contributed by atoms with Gasteiger partial charge in [0.1, 0.15) is 0 Å². The minimum absolute atomic E-state index is 0.100. The fourth-order valence-corrected chi connectivity index (χ4v) is 1.39. The van der Waals surface area contributed by atoms with Gasteiger partial charge >= 0.3 is 0 Å². The van der Waals surface area contributed by atoms with E-state index in [2.05, 4.69) is 5.32 Å². The zero-order valence-electron chi connectivity index (χ0n) is 10.5. The van der Waals surface area contributed by atoms with Crippen molar-refractivity contribution in [1.82, 2.24) is 5.32 Å². The van der Waals surface area contributed by atoms with Crippen molar-refractivity contribution in [3.8, 4) is 0 Å². The Bertz CT molecular complexity index is 441. The number of benzene rings is 1. The fraction of sp³-hybridized carbons (Fsp3) is 0.385. The molecule has 98 valence electrons. The number of nitrogens with two attached hydrogens (primary N) is 1. The largest absolute Gasteiger partial charge is 0.366 e. The van der Waals surface area contributed by atoms with Gasteiger partial charge in [-0.05, 0) is 31.5 Å². The average molecular weight is 269 g/mol. The number of rotatable bonds is 5. The van der Waals surface area contributed by atoms with Crippen molar-refractivity contribution in [2.24, 2.45) is 11.1 Å². The van der Waals surface area contributed by atoms with Crippen LogP contribution >= 0.6 is 11.6 Å². The molecule has 0 aromatic heterocycles. The van der Waals surface area contributed by atoms with Crippen molar-refractivity contribution in [1.29, 1.82) is 0 Å². The van der Waals surface area contributed by atoms with Gasteiger partial charge in [0, 0.05) is 18.0 Å². The van der Waals surface area contributed by atoms with E-state index >= 15 is 0 Å². The van der Waals surface area contributed by atoms with Crippen LogP contribution in [0, 0.1) is 5.41 Å². The van der Waals surface area contributed by atoms with Crippen LogP contribution in [0.15, 0.2) is 24.3 Å². The van der Waals surface area contributed by atoms with E-state index in [1.54, 1.807) is 38.1 Å². The second-order valence-electron chi connectivity index (χ2n) is 4.76. The second kappa shape index (κ2) is 5.87. The van der Waals surface area contributed by atoms with Crippen LogP contribution in [0.4, 0.5) is 0 Å². The Hall–Kier alpha value is -1.55. The molecule has 1 rings (SSSR count). The number of nitrogens with one attached hydrogen (secondary N) is 1. The Morgan fingerprint density at radius 3 is 2.28 bits per heavy atom. The van der Waals surface area contributed by atoms with Crippen molar-refractivity contribution in [2.75, 3.05) is 5.88 Å². The molecular weight excluding hydrogens is 252 g/mol. The molecule has 0 saturated heterocycles. The third-order valence-electron chi connectivity index (χ3n) is 2.64.